The Morgan fingerprint density at radius 1 is 0.722 bits per heavy atom. The van der Waals surface area contributed by atoms with Crippen LogP contribution in [0.25, 0.3) is 0 Å². The summed E-state index contributed by atoms with van der Waals surface area (Å²) in [5, 5.41) is 3.22. The van der Waals surface area contributed by atoms with Crippen LogP contribution in [-0.4, -0.2) is 20.3 Å². The lowest BCUT2D eigenvalue weighted by Crippen LogP contribution is -2.40. The lowest BCUT2D eigenvalue weighted by Gasteiger charge is -2.35. The zero-order chi connectivity index (χ0) is 25.9. The SMILES string of the molecule is CN(C(c1ccccc1P(c1ccccc1)c1ccccc1)c1c(F)cccc1F)S(=O)C(C)(C)C. The predicted octanol–water partition coefficient (Wildman–Crippen LogP) is 6.21. The van der Waals surface area contributed by atoms with Crippen molar-refractivity contribution in [3.8, 4) is 0 Å². The molecule has 6 heteroatoms. The van der Waals surface area contributed by atoms with Crippen LogP contribution < -0.4 is 15.9 Å². The van der Waals surface area contributed by atoms with Crippen molar-refractivity contribution >= 4 is 34.8 Å². The van der Waals surface area contributed by atoms with E-state index in [2.05, 4.69) is 24.3 Å². The molecule has 186 valence electrons. The number of hydrogen-bond donors (Lipinski definition) is 0. The van der Waals surface area contributed by atoms with Crippen molar-refractivity contribution in [3.63, 3.8) is 0 Å². The summed E-state index contributed by atoms with van der Waals surface area (Å²) >= 11 is 0. The van der Waals surface area contributed by atoms with E-state index in [1.54, 1.807) is 11.4 Å². The second kappa shape index (κ2) is 11.1. The van der Waals surface area contributed by atoms with E-state index in [0.29, 0.717) is 0 Å². The molecule has 36 heavy (non-hydrogen) atoms. The van der Waals surface area contributed by atoms with E-state index in [0.717, 1.165) is 21.5 Å². The lowest BCUT2D eigenvalue weighted by atomic mass is 9.97. The largest absolute Gasteiger partial charge is 0.242 e. The molecule has 4 rings (SSSR count). The highest BCUT2D eigenvalue weighted by molar-refractivity contribution is 7.84. The van der Waals surface area contributed by atoms with Crippen LogP contribution in [0.4, 0.5) is 8.78 Å². The van der Waals surface area contributed by atoms with Crippen molar-refractivity contribution in [2.75, 3.05) is 7.05 Å². The second-order valence-electron chi connectivity index (χ2n) is 9.51. The number of hydrogen-bond acceptors (Lipinski definition) is 1. The fraction of sp³-hybridized carbons (Fsp3) is 0.200. The molecule has 0 aromatic heterocycles. The molecule has 0 aliphatic carbocycles. The van der Waals surface area contributed by atoms with E-state index in [4.69, 9.17) is 0 Å². The summed E-state index contributed by atoms with van der Waals surface area (Å²) in [6.45, 7) is 5.59. The molecule has 0 aliphatic rings. The lowest BCUT2D eigenvalue weighted by molar-refractivity contribution is 0.409. The Kier molecular flexibility index (Phi) is 8.14. The summed E-state index contributed by atoms with van der Waals surface area (Å²) in [5.41, 5.74) is 0.640. The van der Waals surface area contributed by atoms with Gasteiger partial charge in [0.25, 0.3) is 0 Å². The van der Waals surface area contributed by atoms with Crippen molar-refractivity contribution in [2.24, 2.45) is 0 Å². The number of rotatable bonds is 7. The molecular weight excluding hydrogens is 491 g/mol. The Labute approximate surface area is 216 Å². The molecule has 0 radical (unpaired) electrons. The number of halogens is 2. The Morgan fingerprint density at radius 3 is 1.69 bits per heavy atom. The van der Waals surface area contributed by atoms with Crippen molar-refractivity contribution in [1.82, 2.24) is 4.31 Å². The van der Waals surface area contributed by atoms with E-state index >= 15 is 8.78 Å². The van der Waals surface area contributed by atoms with Gasteiger partial charge in [-0.1, -0.05) is 91.0 Å². The summed E-state index contributed by atoms with van der Waals surface area (Å²) in [4.78, 5) is 0. The van der Waals surface area contributed by atoms with Gasteiger partial charge in [0.05, 0.1) is 10.8 Å². The molecule has 4 aromatic rings. The van der Waals surface area contributed by atoms with Gasteiger partial charge in [0.15, 0.2) is 0 Å². The standard InChI is InChI=1S/C30H30F2NOPS/c1-30(2,3)36(34)33(4)29(28-25(31)19-13-20-26(28)32)24-18-11-12-21-27(24)35(22-14-7-5-8-15-22)23-16-9-6-10-17-23/h5-21,29H,1-4H3. The molecule has 0 amide bonds. The van der Waals surface area contributed by atoms with Crippen LogP contribution in [-0.2, 0) is 11.0 Å². The predicted molar refractivity (Wildman–Crippen MR) is 149 cm³/mol. The third-order valence-electron chi connectivity index (χ3n) is 5.92. The summed E-state index contributed by atoms with van der Waals surface area (Å²) in [7, 11) is -0.902. The molecule has 0 saturated heterocycles. The highest BCUT2D eigenvalue weighted by Crippen LogP contribution is 2.40. The Bertz CT molecular complexity index is 1280. The minimum absolute atomic E-state index is 0.0962. The fourth-order valence-corrected chi connectivity index (χ4v) is 8.10. The first-order valence-corrected chi connectivity index (χ1v) is 14.2. The Morgan fingerprint density at radius 2 is 1.19 bits per heavy atom. The van der Waals surface area contributed by atoms with Gasteiger partial charge >= 0.3 is 0 Å². The molecule has 0 fully saturated rings. The maximum Gasteiger partial charge on any atom is 0.131 e. The molecule has 2 unspecified atom stereocenters. The fourth-order valence-electron chi connectivity index (χ4n) is 4.34. The Balaban J connectivity index is 2.00. The minimum atomic E-state index is -1.53. The van der Waals surface area contributed by atoms with Gasteiger partial charge in [-0.3, -0.25) is 0 Å². The van der Waals surface area contributed by atoms with E-state index in [1.165, 1.54) is 18.2 Å². The van der Waals surface area contributed by atoms with Gasteiger partial charge in [0.2, 0.25) is 0 Å². The molecule has 0 saturated carbocycles. The van der Waals surface area contributed by atoms with Gasteiger partial charge < -0.3 is 0 Å². The zero-order valence-electron chi connectivity index (χ0n) is 20.9. The molecule has 4 aromatic carbocycles. The molecule has 0 aliphatic heterocycles. The van der Waals surface area contributed by atoms with Crippen molar-refractivity contribution in [1.29, 1.82) is 0 Å². The zero-order valence-corrected chi connectivity index (χ0v) is 22.6. The van der Waals surface area contributed by atoms with Gasteiger partial charge in [0, 0.05) is 12.6 Å². The summed E-state index contributed by atoms with van der Waals surface area (Å²) in [5.74, 6) is -1.31. The molecule has 2 nitrogen and oxygen atoms in total. The summed E-state index contributed by atoms with van der Waals surface area (Å²) < 4.78 is 45.2. The molecule has 2 atom stereocenters. The molecule has 0 N–H and O–H groups in total. The van der Waals surface area contributed by atoms with Gasteiger partial charge in [0.1, 0.15) is 22.6 Å². The first-order chi connectivity index (χ1) is 17.2. The molecule has 0 bridgehead atoms. The van der Waals surface area contributed by atoms with Gasteiger partial charge in [-0.2, -0.15) is 0 Å². The first-order valence-electron chi connectivity index (χ1n) is 11.8. The van der Waals surface area contributed by atoms with Crippen molar-refractivity contribution in [2.45, 2.75) is 31.6 Å². The third-order valence-corrected chi connectivity index (χ3v) is 10.2. The normalized spacial score (nSPS) is 13.7. The quantitative estimate of drug-likeness (QED) is 0.265. The summed E-state index contributed by atoms with van der Waals surface area (Å²) in [6, 6.07) is 31.1. The number of nitrogens with zero attached hydrogens (tertiary/aromatic N) is 1. The monoisotopic (exact) mass is 521 g/mol. The van der Waals surface area contributed by atoms with Crippen LogP contribution in [0.2, 0.25) is 0 Å². The van der Waals surface area contributed by atoms with E-state index < -0.39 is 41.3 Å². The number of benzene rings is 4. The van der Waals surface area contributed by atoms with E-state index in [9.17, 15) is 4.21 Å². The average molecular weight is 522 g/mol. The molecule has 0 spiro atoms. The van der Waals surface area contributed by atoms with Crippen LogP contribution in [0, 0.1) is 11.6 Å². The van der Waals surface area contributed by atoms with Crippen molar-refractivity contribution < 1.29 is 13.0 Å². The summed E-state index contributed by atoms with van der Waals surface area (Å²) in [6.07, 6.45) is 0. The van der Waals surface area contributed by atoms with Crippen LogP contribution in [0.15, 0.2) is 103 Å². The topological polar surface area (TPSA) is 20.3 Å². The van der Waals surface area contributed by atoms with Crippen LogP contribution in [0.5, 0.6) is 0 Å². The second-order valence-corrected chi connectivity index (χ2v) is 14.0. The van der Waals surface area contributed by atoms with Gasteiger partial charge in [-0.25, -0.2) is 17.3 Å². The van der Waals surface area contributed by atoms with Gasteiger partial charge in [-0.05, 0) is 62.3 Å². The van der Waals surface area contributed by atoms with Crippen LogP contribution >= 0.6 is 7.92 Å². The third kappa shape index (κ3) is 5.49. The van der Waals surface area contributed by atoms with Crippen LogP contribution in [0.1, 0.15) is 37.9 Å². The Hall–Kier alpha value is -2.72. The maximum atomic E-state index is 15.3. The first kappa shape index (κ1) is 26.3. The van der Waals surface area contributed by atoms with Crippen molar-refractivity contribution in [3.05, 3.63) is 126 Å². The van der Waals surface area contributed by atoms with Gasteiger partial charge in [-0.15, -0.1) is 0 Å². The highest BCUT2D eigenvalue weighted by Gasteiger charge is 2.36. The molecule has 0 heterocycles. The highest BCUT2D eigenvalue weighted by atomic mass is 32.2. The molecular formula is C30H30F2NOPS. The smallest absolute Gasteiger partial charge is 0.131 e. The minimum Gasteiger partial charge on any atom is -0.242 e. The van der Waals surface area contributed by atoms with Crippen LogP contribution in [0.3, 0.4) is 0 Å². The van der Waals surface area contributed by atoms with E-state index in [-0.39, 0.29) is 5.56 Å². The maximum absolute atomic E-state index is 15.3. The van der Waals surface area contributed by atoms with E-state index in [1.807, 2.05) is 81.4 Å². The average Bonchev–Trinajstić information content (AvgIpc) is 2.87.